The molecule has 1 aliphatic carbocycles. The quantitative estimate of drug-likeness (QED) is 0.834. The second-order valence-electron chi connectivity index (χ2n) is 5.77. The second kappa shape index (κ2) is 6.22. The van der Waals surface area contributed by atoms with Crippen LogP contribution in [0.25, 0.3) is 0 Å². The van der Waals surface area contributed by atoms with Crippen LogP contribution >= 0.6 is 12.4 Å². The van der Waals surface area contributed by atoms with E-state index in [1.807, 2.05) is 11.9 Å². The van der Waals surface area contributed by atoms with Crippen LogP contribution in [0, 0.1) is 5.41 Å². The standard InChI is InChI=1S/C13H26N2O2.ClH/c1-12(2)10(9-13(12,3)17-5)15(4)11(16)7-6-8-14;/h10H,6-9,14H2,1-5H3;1H. The third-order valence-corrected chi connectivity index (χ3v) is 4.69. The van der Waals surface area contributed by atoms with Crippen molar-refractivity contribution in [3.05, 3.63) is 0 Å². The summed E-state index contributed by atoms with van der Waals surface area (Å²) >= 11 is 0. The molecule has 1 saturated carbocycles. The molecule has 0 heterocycles. The van der Waals surface area contributed by atoms with Crippen LogP contribution in [-0.2, 0) is 9.53 Å². The first-order chi connectivity index (χ1) is 7.80. The van der Waals surface area contributed by atoms with E-state index in [4.69, 9.17) is 10.5 Å². The minimum absolute atomic E-state index is 0. The molecule has 0 radical (unpaired) electrons. The molecule has 2 atom stereocenters. The van der Waals surface area contributed by atoms with E-state index in [2.05, 4.69) is 20.8 Å². The Morgan fingerprint density at radius 1 is 1.44 bits per heavy atom. The van der Waals surface area contributed by atoms with Crippen molar-refractivity contribution in [2.45, 2.75) is 51.7 Å². The van der Waals surface area contributed by atoms with Crippen LogP contribution in [0.15, 0.2) is 0 Å². The SMILES string of the molecule is COC1(C)CC(N(C)C(=O)CCCN)C1(C)C.Cl. The Kier molecular flexibility index (Phi) is 6.11. The molecule has 5 heteroatoms. The highest BCUT2D eigenvalue weighted by molar-refractivity contribution is 5.85. The first-order valence-electron chi connectivity index (χ1n) is 6.31. The molecule has 0 spiro atoms. The molecule has 2 N–H and O–H groups in total. The van der Waals surface area contributed by atoms with Crippen LogP contribution in [-0.4, -0.2) is 43.2 Å². The van der Waals surface area contributed by atoms with Gasteiger partial charge in [0.1, 0.15) is 0 Å². The maximum absolute atomic E-state index is 12.0. The topological polar surface area (TPSA) is 55.6 Å². The van der Waals surface area contributed by atoms with Crippen molar-refractivity contribution in [3.8, 4) is 0 Å². The van der Waals surface area contributed by atoms with Gasteiger partial charge in [0.25, 0.3) is 0 Å². The van der Waals surface area contributed by atoms with Gasteiger partial charge in [-0.3, -0.25) is 4.79 Å². The van der Waals surface area contributed by atoms with E-state index >= 15 is 0 Å². The molecule has 4 nitrogen and oxygen atoms in total. The molecule has 0 aliphatic heterocycles. The number of hydrogen-bond acceptors (Lipinski definition) is 3. The number of amides is 1. The smallest absolute Gasteiger partial charge is 0.222 e. The van der Waals surface area contributed by atoms with Crippen LogP contribution in [0.4, 0.5) is 0 Å². The molecule has 2 unspecified atom stereocenters. The van der Waals surface area contributed by atoms with Crippen molar-refractivity contribution in [1.82, 2.24) is 4.90 Å². The zero-order valence-electron chi connectivity index (χ0n) is 12.2. The Labute approximate surface area is 117 Å². The fourth-order valence-electron chi connectivity index (χ4n) is 2.68. The summed E-state index contributed by atoms with van der Waals surface area (Å²) in [5.74, 6) is 0.187. The zero-order valence-corrected chi connectivity index (χ0v) is 13.0. The Hall–Kier alpha value is -0.320. The van der Waals surface area contributed by atoms with Gasteiger partial charge in [0.2, 0.25) is 5.91 Å². The highest BCUT2D eigenvalue weighted by Crippen LogP contribution is 2.53. The summed E-state index contributed by atoms with van der Waals surface area (Å²) in [4.78, 5) is 13.8. The number of ether oxygens (including phenoxy) is 1. The molecule has 18 heavy (non-hydrogen) atoms. The van der Waals surface area contributed by atoms with E-state index in [1.165, 1.54) is 0 Å². The highest BCUT2D eigenvalue weighted by atomic mass is 35.5. The fraction of sp³-hybridized carbons (Fsp3) is 0.923. The van der Waals surface area contributed by atoms with E-state index in [9.17, 15) is 4.79 Å². The highest BCUT2D eigenvalue weighted by Gasteiger charge is 2.59. The van der Waals surface area contributed by atoms with Crippen molar-refractivity contribution in [3.63, 3.8) is 0 Å². The number of hydrogen-bond donors (Lipinski definition) is 1. The first-order valence-corrected chi connectivity index (χ1v) is 6.31. The molecule has 0 saturated heterocycles. The predicted molar refractivity (Wildman–Crippen MR) is 75.9 cm³/mol. The van der Waals surface area contributed by atoms with Gasteiger partial charge >= 0.3 is 0 Å². The summed E-state index contributed by atoms with van der Waals surface area (Å²) in [5.41, 5.74) is 5.30. The van der Waals surface area contributed by atoms with Crippen LogP contribution in [0.2, 0.25) is 0 Å². The average Bonchev–Trinajstić information content (AvgIpc) is 2.31. The molecule has 0 aromatic heterocycles. The summed E-state index contributed by atoms with van der Waals surface area (Å²) < 4.78 is 5.57. The van der Waals surface area contributed by atoms with Gasteiger partial charge in [-0.2, -0.15) is 0 Å². The van der Waals surface area contributed by atoms with Crippen molar-refractivity contribution in [2.24, 2.45) is 11.1 Å². The van der Waals surface area contributed by atoms with Gasteiger partial charge in [0.05, 0.1) is 5.60 Å². The Balaban J connectivity index is 0.00000289. The Morgan fingerprint density at radius 2 is 2.00 bits per heavy atom. The number of rotatable bonds is 5. The van der Waals surface area contributed by atoms with Crippen molar-refractivity contribution in [1.29, 1.82) is 0 Å². The molecule has 1 rings (SSSR count). The summed E-state index contributed by atoms with van der Waals surface area (Å²) in [5, 5.41) is 0. The van der Waals surface area contributed by atoms with Crippen LogP contribution < -0.4 is 5.73 Å². The number of nitrogens with two attached hydrogens (primary N) is 1. The normalized spacial score (nSPS) is 29.1. The molecule has 0 aromatic rings. The molecule has 1 fully saturated rings. The van der Waals surface area contributed by atoms with Crippen molar-refractivity contribution in [2.75, 3.05) is 20.7 Å². The second-order valence-corrected chi connectivity index (χ2v) is 5.77. The lowest BCUT2D eigenvalue weighted by Crippen LogP contribution is -2.68. The fourth-order valence-corrected chi connectivity index (χ4v) is 2.68. The summed E-state index contributed by atoms with van der Waals surface area (Å²) in [6, 6.07) is 0.262. The van der Waals surface area contributed by atoms with Crippen LogP contribution in [0.1, 0.15) is 40.0 Å². The lowest BCUT2D eigenvalue weighted by molar-refractivity contribution is -0.207. The van der Waals surface area contributed by atoms with E-state index in [-0.39, 0.29) is 35.4 Å². The van der Waals surface area contributed by atoms with E-state index in [0.29, 0.717) is 13.0 Å². The van der Waals surface area contributed by atoms with E-state index < -0.39 is 0 Å². The first kappa shape index (κ1) is 17.7. The lowest BCUT2D eigenvalue weighted by atomic mass is 9.55. The number of halogens is 1. The third kappa shape index (κ3) is 2.81. The number of carbonyl (C=O) groups is 1. The molecule has 0 bridgehead atoms. The minimum Gasteiger partial charge on any atom is -0.378 e. The van der Waals surface area contributed by atoms with Gasteiger partial charge < -0.3 is 15.4 Å². The summed E-state index contributed by atoms with van der Waals surface area (Å²) in [6.07, 6.45) is 2.21. The monoisotopic (exact) mass is 278 g/mol. The van der Waals surface area contributed by atoms with Gasteiger partial charge in [-0.1, -0.05) is 13.8 Å². The molecule has 1 aliphatic rings. The Bertz CT molecular complexity index is 297. The van der Waals surface area contributed by atoms with Gasteiger partial charge in [-0.05, 0) is 26.3 Å². The van der Waals surface area contributed by atoms with Crippen LogP contribution in [0.5, 0.6) is 0 Å². The van der Waals surface area contributed by atoms with Crippen LogP contribution in [0.3, 0.4) is 0 Å². The minimum atomic E-state index is -0.125. The van der Waals surface area contributed by atoms with E-state index in [1.54, 1.807) is 7.11 Å². The van der Waals surface area contributed by atoms with Gasteiger partial charge in [-0.15, -0.1) is 12.4 Å². The summed E-state index contributed by atoms with van der Waals surface area (Å²) in [7, 11) is 3.63. The number of methoxy groups -OCH3 is 1. The number of carbonyl (C=O) groups excluding carboxylic acids is 1. The summed E-state index contributed by atoms with van der Waals surface area (Å²) in [6.45, 7) is 7.01. The maximum atomic E-state index is 12.0. The maximum Gasteiger partial charge on any atom is 0.222 e. The molecular weight excluding hydrogens is 252 g/mol. The largest absolute Gasteiger partial charge is 0.378 e. The Morgan fingerprint density at radius 3 is 2.39 bits per heavy atom. The van der Waals surface area contributed by atoms with Crippen molar-refractivity contribution < 1.29 is 9.53 Å². The molecule has 1 amide bonds. The molecule has 0 aromatic carbocycles. The lowest BCUT2D eigenvalue weighted by Gasteiger charge is -2.61. The number of nitrogens with zero attached hydrogens (tertiary/aromatic N) is 1. The van der Waals surface area contributed by atoms with Gasteiger partial charge in [0.15, 0.2) is 0 Å². The molecular formula is C13H27ClN2O2. The predicted octanol–water partition coefficient (Wildman–Crippen LogP) is 1.81. The van der Waals surface area contributed by atoms with Gasteiger partial charge in [-0.25, -0.2) is 0 Å². The zero-order chi connectivity index (χ0) is 13.3. The molecule has 108 valence electrons. The van der Waals surface area contributed by atoms with Crippen molar-refractivity contribution >= 4 is 18.3 Å². The van der Waals surface area contributed by atoms with E-state index in [0.717, 1.165) is 12.8 Å². The van der Waals surface area contributed by atoms with Gasteiger partial charge in [0, 0.05) is 32.0 Å². The third-order valence-electron chi connectivity index (χ3n) is 4.69. The average molecular weight is 279 g/mol.